The molecule has 7 nitrogen and oxygen atoms in total. The highest BCUT2D eigenvalue weighted by Crippen LogP contribution is 2.32. The van der Waals surface area contributed by atoms with E-state index in [-0.39, 0.29) is 16.9 Å². The summed E-state index contributed by atoms with van der Waals surface area (Å²) in [6.07, 6.45) is 1.35. The molecule has 1 N–H and O–H groups in total. The van der Waals surface area contributed by atoms with Gasteiger partial charge in [-0.3, -0.25) is 5.10 Å². The highest BCUT2D eigenvalue weighted by atomic mass is 32.2. The Balaban J connectivity index is 1.95. The summed E-state index contributed by atoms with van der Waals surface area (Å²) in [4.78, 5) is 8.81. The van der Waals surface area contributed by atoms with E-state index in [0.29, 0.717) is 5.82 Å². The van der Waals surface area contributed by atoms with Crippen LogP contribution in [0.25, 0.3) is 10.2 Å². The van der Waals surface area contributed by atoms with Crippen LogP contribution in [0.4, 0.5) is 0 Å². The molecular formula is C15H19N5O2S2. The van der Waals surface area contributed by atoms with Crippen molar-refractivity contribution in [2.75, 3.05) is 7.05 Å². The molecular weight excluding hydrogens is 346 g/mol. The van der Waals surface area contributed by atoms with Crippen LogP contribution in [-0.2, 0) is 22.0 Å². The smallest absolute Gasteiger partial charge is 0.243 e. The van der Waals surface area contributed by atoms with Gasteiger partial charge in [-0.25, -0.2) is 18.4 Å². The summed E-state index contributed by atoms with van der Waals surface area (Å²) >= 11 is 1.53. The van der Waals surface area contributed by atoms with E-state index >= 15 is 0 Å². The summed E-state index contributed by atoms with van der Waals surface area (Å²) < 4.78 is 27.6. The topological polar surface area (TPSA) is 91.8 Å². The zero-order valence-electron chi connectivity index (χ0n) is 13.9. The lowest BCUT2D eigenvalue weighted by Gasteiger charge is -2.15. The Kier molecular flexibility index (Phi) is 4.18. The largest absolute Gasteiger partial charge is 0.262 e. The minimum atomic E-state index is -3.61. The molecule has 9 heteroatoms. The summed E-state index contributed by atoms with van der Waals surface area (Å²) in [6, 6.07) is 5.05. The van der Waals surface area contributed by atoms with Gasteiger partial charge in [0.2, 0.25) is 10.0 Å². The third-order valence-electron chi connectivity index (χ3n) is 3.55. The van der Waals surface area contributed by atoms with E-state index < -0.39 is 10.0 Å². The fourth-order valence-corrected chi connectivity index (χ4v) is 4.47. The van der Waals surface area contributed by atoms with Crippen LogP contribution in [0.2, 0.25) is 0 Å². The van der Waals surface area contributed by atoms with Gasteiger partial charge in [-0.05, 0) is 18.2 Å². The molecule has 1 aromatic carbocycles. The van der Waals surface area contributed by atoms with Gasteiger partial charge >= 0.3 is 0 Å². The van der Waals surface area contributed by atoms with E-state index in [1.54, 1.807) is 18.2 Å². The van der Waals surface area contributed by atoms with E-state index in [0.717, 1.165) is 15.2 Å². The molecule has 0 bridgehead atoms. The Bertz CT molecular complexity index is 956. The second kappa shape index (κ2) is 5.91. The predicted molar refractivity (Wildman–Crippen MR) is 93.4 cm³/mol. The van der Waals surface area contributed by atoms with Gasteiger partial charge in [-0.1, -0.05) is 20.8 Å². The quantitative estimate of drug-likeness (QED) is 0.767. The number of aromatic nitrogens is 4. The number of hydrogen-bond donors (Lipinski definition) is 1. The molecule has 0 spiro atoms. The summed E-state index contributed by atoms with van der Waals surface area (Å²) in [5.41, 5.74) is 0.757. The molecule has 0 amide bonds. The highest BCUT2D eigenvalue weighted by Gasteiger charge is 2.24. The van der Waals surface area contributed by atoms with Gasteiger partial charge in [0.05, 0.1) is 26.7 Å². The normalized spacial score (nSPS) is 13.0. The molecule has 3 rings (SSSR count). The first kappa shape index (κ1) is 17.0. The average molecular weight is 365 g/mol. The maximum absolute atomic E-state index is 12.8. The maximum atomic E-state index is 12.8. The van der Waals surface area contributed by atoms with Crippen LogP contribution in [-0.4, -0.2) is 39.9 Å². The molecule has 0 fully saturated rings. The first-order valence-electron chi connectivity index (χ1n) is 7.39. The number of nitrogens with one attached hydrogen (secondary N) is 1. The second-order valence-electron chi connectivity index (χ2n) is 6.59. The zero-order chi connectivity index (χ0) is 17.5. The van der Waals surface area contributed by atoms with Gasteiger partial charge in [0, 0.05) is 12.5 Å². The van der Waals surface area contributed by atoms with Crippen LogP contribution in [0.3, 0.4) is 0 Å². The van der Waals surface area contributed by atoms with E-state index in [1.807, 2.05) is 0 Å². The van der Waals surface area contributed by atoms with Gasteiger partial charge < -0.3 is 0 Å². The fourth-order valence-electron chi connectivity index (χ4n) is 2.17. The number of sulfonamides is 1. The van der Waals surface area contributed by atoms with Gasteiger partial charge in [0.25, 0.3) is 0 Å². The number of rotatable bonds is 4. The van der Waals surface area contributed by atoms with E-state index in [2.05, 4.69) is 40.9 Å². The summed E-state index contributed by atoms with van der Waals surface area (Å²) in [7, 11) is -2.09. The minimum absolute atomic E-state index is 0.0637. The molecule has 0 aliphatic carbocycles. The van der Waals surface area contributed by atoms with Crippen LogP contribution in [0, 0.1) is 0 Å². The molecule has 0 saturated carbocycles. The SMILES string of the molecule is CN(Cc1ncn[nH]1)S(=O)(=O)c1ccc2nc(C(C)(C)C)sc2c1. The minimum Gasteiger partial charge on any atom is -0.262 e. The summed E-state index contributed by atoms with van der Waals surface area (Å²) in [5, 5.41) is 7.39. The predicted octanol–water partition coefficient (Wildman–Crippen LogP) is 2.53. The lowest BCUT2D eigenvalue weighted by atomic mass is 9.98. The molecule has 0 atom stereocenters. The van der Waals surface area contributed by atoms with Crippen LogP contribution in [0.5, 0.6) is 0 Å². The van der Waals surface area contributed by atoms with Crippen molar-refractivity contribution in [1.29, 1.82) is 0 Å². The van der Waals surface area contributed by atoms with Crippen LogP contribution < -0.4 is 0 Å². The van der Waals surface area contributed by atoms with Crippen molar-refractivity contribution in [2.24, 2.45) is 0 Å². The Morgan fingerprint density at radius 3 is 2.67 bits per heavy atom. The number of benzene rings is 1. The molecule has 0 aliphatic heterocycles. The Labute approximate surface area is 144 Å². The maximum Gasteiger partial charge on any atom is 0.243 e. The van der Waals surface area contributed by atoms with Crippen LogP contribution >= 0.6 is 11.3 Å². The van der Waals surface area contributed by atoms with Crippen LogP contribution in [0.15, 0.2) is 29.4 Å². The lowest BCUT2D eigenvalue weighted by Crippen LogP contribution is -2.27. The molecule has 24 heavy (non-hydrogen) atoms. The van der Waals surface area contributed by atoms with Crippen molar-refractivity contribution in [3.8, 4) is 0 Å². The Hall–Kier alpha value is -1.84. The number of aromatic amines is 1. The first-order valence-corrected chi connectivity index (χ1v) is 9.65. The zero-order valence-corrected chi connectivity index (χ0v) is 15.6. The summed E-state index contributed by atoms with van der Waals surface area (Å²) in [6.45, 7) is 6.41. The van der Waals surface area contributed by atoms with E-state index in [1.165, 1.54) is 29.0 Å². The molecule has 0 unspecified atom stereocenters. The van der Waals surface area contributed by atoms with Crippen molar-refractivity contribution >= 4 is 31.6 Å². The van der Waals surface area contributed by atoms with Gasteiger partial charge in [0.15, 0.2) is 0 Å². The average Bonchev–Trinajstić information content (AvgIpc) is 3.14. The van der Waals surface area contributed by atoms with Crippen molar-refractivity contribution in [3.05, 3.63) is 35.4 Å². The van der Waals surface area contributed by atoms with Gasteiger partial charge in [0.1, 0.15) is 12.2 Å². The third kappa shape index (κ3) is 3.19. The second-order valence-corrected chi connectivity index (χ2v) is 9.67. The monoisotopic (exact) mass is 365 g/mol. The Morgan fingerprint density at radius 1 is 1.29 bits per heavy atom. The standard InChI is InChI=1S/C15H19N5O2S2/c1-15(2,3)14-18-11-6-5-10(7-12(11)23-14)24(21,22)20(4)8-13-16-9-17-19-13/h5-7,9H,8H2,1-4H3,(H,16,17,19). The molecule has 2 heterocycles. The molecule has 128 valence electrons. The van der Waals surface area contributed by atoms with E-state index in [4.69, 9.17) is 0 Å². The third-order valence-corrected chi connectivity index (χ3v) is 6.79. The highest BCUT2D eigenvalue weighted by molar-refractivity contribution is 7.89. The van der Waals surface area contributed by atoms with Crippen molar-refractivity contribution in [3.63, 3.8) is 0 Å². The van der Waals surface area contributed by atoms with Crippen LogP contribution in [0.1, 0.15) is 31.6 Å². The number of H-pyrrole nitrogens is 1. The number of nitrogens with zero attached hydrogens (tertiary/aromatic N) is 4. The number of fused-ring (bicyclic) bond motifs is 1. The van der Waals surface area contributed by atoms with Crippen molar-refractivity contribution in [1.82, 2.24) is 24.5 Å². The molecule has 3 aromatic rings. The lowest BCUT2D eigenvalue weighted by molar-refractivity contribution is 0.457. The molecule has 0 radical (unpaired) electrons. The first-order chi connectivity index (χ1) is 11.2. The van der Waals surface area contributed by atoms with Crippen molar-refractivity contribution < 1.29 is 8.42 Å². The van der Waals surface area contributed by atoms with Crippen molar-refractivity contribution in [2.45, 2.75) is 37.6 Å². The number of hydrogen-bond acceptors (Lipinski definition) is 6. The fraction of sp³-hybridized carbons (Fsp3) is 0.400. The molecule has 2 aromatic heterocycles. The molecule has 0 saturated heterocycles. The summed E-state index contributed by atoms with van der Waals surface area (Å²) in [5.74, 6) is 0.495. The Morgan fingerprint density at radius 2 is 2.04 bits per heavy atom. The molecule has 0 aliphatic rings. The number of thiazole rings is 1. The van der Waals surface area contributed by atoms with Gasteiger partial charge in [-0.15, -0.1) is 11.3 Å². The van der Waals surface area contributed by atoms with Gasteiger partial charge in [-0.2, -0.15) is 9.40 Å². The van der Waals surface area contributed by atoms with E-state index in [9.17, 15) is 8.42 Å².